The fourth-order valence-corrected chi connectivity index (χ4v) is 6.28. The smallest absolute Gasteiger partial charge is 0.228 e. The number of rotatable bonds is 0. The molecule has 0 aliphatic rings. The lowest BCUT2D eigenvalue weighted by atomic mass is 9.87. The standard InChI is InChI=1S/C38H30N2O/c1-38(2,3)25-19-21-40-34(22-25)29-15-6-8-16-32(29)39-20-11-10-17-33(39)31-23-30-27-13-5-4-12-26(27)28-14-7-9-18-36(28)41-37(30)24-35(31)40/h4-24H,1-3H3/q+2. The van der Waals surface area contributed by atoms with Crippen LogP contribution in [0.1, 0.15) is 26.3 Å². The van der Waals surface area contributed by atoms with Crippen molar-refractivity contribution < 1.29 is 13.2 Å². The second-order valence-electron chi connectivity index (χ2n) is 11.9. The predicted molar refractivity (Wildman–Crippen MR) is 169 cm³/mol. The molecule has 0 radical (unpaired) electrons. The normalized spacial score (nSPS) is 12.3. The number of para-hydroxylation sites is 2. The number of nitrogens with zero attached hydrogens (tertiary/aromatic N) is 2. The third kappa shape index (κ3) is 3.66. The highest BCUT2D eigenvalue weighted by Crippen LogP contribution is 2.34. The maximum atomic E-state index is 6.75. The van der Waals surface area contributed by atoms with Crippen LogP contribution in [0.5, 0.6) is 0 Å². The van der Waals surface area contributed by atoms with E-state index in [4.69, 9.17) is 4.42 Å². The Labute approximate surface area is 237 Å². The fourth-order valence-electron chi connectivity index (χ4n) is 6.28. The van der Waals surface area contributed by atoms with E-state index >= 15 is 0 Å². The molecule has 0 N–H and O–H groups in total. The van der Waals surface area contributed by atoms with Gasteiger partial charge in [0, 0.05) is 41.1 Å². The van der Waals surface area contributed by atoms with Crippen LogP contribution in [0.3, 0.4) is 0 Å². The van der Waals surface area contributed by atoms with E-state index in [1.807, 2.05) is 6.07 Å². The number of hydrogen-bond acceptors (Lipinski definition) is 1. The lowest BCUT2D eigenvalue weighted by molar-refractivity contribution is -0.488. The Kier molecular flexibility index (Phi) is 5.08. The maximum Gasteiger partial charge on any atom is 0.228 e. The summed E-state index contributed by atoms with van der Waals surface area (Å²) in [6.45, 7) is 6.82. The molecule has 0 unspecified atom stereocenters. The summed E-state index contributed by atoms with van der Waals surface area (Å²) < 4.78 is 11.4. The summed E-state index contributed by atoms with van der Waals surface area (Å²) in [5, 5.41) is 6.89. The van der Waals surface area contributed by atoms with Crippen LogP contribution in [0.15, 0.2) is 132 Å². The number of benzene rings is 4. The quantitative estimate of drug-likeness (QED) is 0.179. The molecule has 0 saturated carbocycles. The zero-order valence-corrected chi connectivity index (χ0v) is 23.4. The van der Waals surface area contributed by atoms with Crippen molar-refractivity contribution in [3.8, 4) is 0 Å². The summed E-state index contributed by atoms with van der Waals surface area (Å²) in [5.74, 6) is 0. The van der Waals surface area contributed by atoms with Crippen molar-refractivity contribution in [2.24, 2.45) is 0 Å². The lowest BCUT2D eigenvalue weighted by Gasteiger charge is -2.17. The average Bonchev–Trinajstić information content (AvgIpc) is 3.13. The highest BCUT2D eigenvalue weighted by atomic mass is 16.3. The van der Waals surface area contributed by atoms with Crippen molar-refractivity contribution in [3.63, 3.8) is 0 Å². The summed E-state index contributed by atoms with van der Waals surface area (Å²) in [6.07, 6.45) is 4.41. The Morgan fingerprint density at radius 2 is 1.02 bits per heavy atom. The molecule has 0 amide bonds. The van der Waals surface area contributed by atoms with Gasteiger partial charge < -0.3 is 4.42 Å². The van der Waals surface area contributed by atoms with Gasteiger partial charge in [0.25, 0.3) is 0 Å². The van der Waals surface area contributed by atoms with E-state index in [1.165, 1.54) is 21.7 Å². The zero-order valence-electron chi connectivity index (χ0n) is 23.4. The van der Waals surface area contributed by atoms with Crippen molar-refractivity contribution in [2.45, 2.75) is 26.2 Å². The van der Waals surface area contributed by atoms with E-state index in [-0.39, 0.29) is 5.41 Å². The maximum absolute atomic E-state index is 6.75. The van der Waals surface area contributed by atoms with Gasteiger partial charge in [0.1, 0.15) is 21.9 Å². The Morgan fingerprint density at radius 3 is 1.80 bits per heavy atom. The number of hydrogen-bond donors (Lipinski definition) is 0. The monoisotopic (exact) mass is 530 g/mol. The van der Waals surface area contributed by atoms with Crippen molar-refractivity contribution in [1.29, 1.82) is 0 Å². The van der Waals surface area contributed by atoms with Crippen LogP contribution in [0.25, 0.3) is 65.6 Å². The van der Waals surface area contributed by atoms with Gasteiger partial charge in [-0.15, -0.1) is 0 Å². The van der Waals surface area contributed by atoms with Gasteiger partial charge in [0.15, 0.2) is 12.4 Å². The molecule has 0 spiro atoms. The molecule has 3 heteroatoms. The first-order valence-electron chi connectivity index (χ1n) is 14.2. The van der Waals surface area contributed by atoms with Crippen molar-refractivity contribution >= 4 is 65.6 Å². The minimum absolute atomic E-state index is 0.0189. The van der Waals surface area contributed by atoms with Crippen LogP contribution in [-0.2, 0) is 5.41 Å². The minimum Gasteiger partial charge on any atom is -0.456 e. The van der Waals surface area contributed by atoms with Crippen LogP contribution in [0, 0.1) is 0 Å². The molecule has 4 aromatic heterocycles. The molecular weight excluding hydrogens is 500 g/mol. The first-order chi connectivity index (χ1) is 20.0. The van der Waals surface area contributed by atoms with Crippen molar-refractivity contribution in [2.75, 3.05) is 0 Å². The topological polar surface area (TPSA) is 21.3 Å². The van der Waals surface area contributed by atoms with E-state index in [2.05, 4.69) is 151 Å². The molecule has 41 heavy (non-hydrogen) atoms. The van der Waals surface area contributed by atoms with Gasteiger partial charge in [-0.05, 0) is 46.0 Å². The Bertz CT molecular complexity index is 2410. The largest absolute Gasteiger partial charge is 0.456 e. The molecule has 4 aromatic carbocycles. The van der Waals surface area contributed by atoms with Crippen LogP contribution in [0.2, 0.25) is 0 Å². The SMILES string of the molecule is CC(C)(C)c1cc[n+]2c(c1)c1ccccc1[n+]1ccccc1c1cc3c(cc12)oc1ccccc1c1ccccc31. The van der Waals surface area contributed by atoms with E-state index in [9.17, 15) is 0 Å². The van der Waals surface area contributed by atoms with E-state index < -0.39 is 0 Å². The molecule has 3 nitrogen and oxygen atoms in total. The molecule has 4 heterocycles. The van der Waals surface area contributed by atoms with Gasteiger partial charge in [0.2, 0.25) is 22.1 Å². The Hall–Kier alpha value is -5.02. The molecule has 8 rings (SSSR count). The van der Waals surface area contributed by atoms with Crippen LogP contribution in [-0.4, -0.2) is 0 Å². The van der Waals surface area contributed by atoms with E-state index in [0.717, 1.165) is 49.4 Å². The highest BCUT2D eigenvalue weighted by molar-refractivity contribution is 6.16. The van der Waals surface area contributed by atoms with Gasteiger partial charge in [0.05, 0.1) is 6.07 Å². The third-order valence-electron chi connectivity index (χ3n) is 8.37. The van der Waals surface area contributed by atoms with E-state index in [0.29, 0.717) is 0 Å². The molecule has 0 fully saturated rings. The molecule has 8 aromatic rings. The second-order valence-corrected chi connectivity index (χ2v) is 11.9. The molecule has 0 aliphatic carbocycles. The van der Waals surface area contributed by atoms with Crippen molar-refractivity contribution in [1.82, 2.24) is 0 Å². The van der Waals surface area contributed by atoms with Gasteiger partial charge >= 0.3 is 0 Å². The van der Waals surface area contributed by atoms with Gasteiger partial charge in [-0.2, -0.15) is 8.80 Å². The molecular formula is C38H30N2O+2. The molecule has 196 valence electrons. The van der Waals surface area contributed by atoms with Gasteiger partial charge in [-0.3, -0.25) is 0 Å². The highest BCUT2D eigenvalue weighted by Gasteiger charge is 2.23. The van der Waals surface area contributed by atoms with Crippen LogP contribution >= 0.6 is 0 Å². The number of pyridine rings is 2. The molecule has 0 aliphatic heterocycles. The van der Waals surface area contributed by atoms with E-state index in [1.54, 1.807) is 0 Å². The lowest BCUT2D eigenvalue weighted by Crippen LogP contribution is -2.28. The summed E-state index contributed by atoms with van der Waals surface area (Å²) in [7, 11) is 0. The van der Waals surface area contributed by atoms with Gasteiger partial charge in [-0.25, -0.2) is 0 Å². The molecule has 0 atom stereocenters. The third-order valence-corrected chi connectivity index (χ3v) is 8.37. The summed E-state index contributed by atoms with van der Waals surface area (Å²) in [4.78, 5) is 0. The summed E-state index contributed by atoms with van der Waals surface area (Å²) in [6, 6.07) is 41.3. The van der Waals surface area contributed by atoms with Crippen molar-refractivity contribution in [3.05, 3.63) is 133 Å². The zero-order chi connectivity index (χ0) is 27.7. The first-order valence-corrected chi connectivity index (χ1v) is 14.2. The Balaban J connectivity index is 1.73. The molecule has 0 bridgehead atoms. The van der Waals surface area contributed by atoms with Crippen LogP contribution < -0.4 is 8.80 Å². The summed E-state index contributed by atoms with van der Waals surface area (Å²) in [5.41, 5.74) is 7.59. The first kappa shape index (κ1) is 23.8. The van der Waals surface area contributed by atoms with Crippen LogP contribution in [0.4, 0.5) is 0 Å². The summed E-state index contributed by atoms with van der Waals surface area (Å²) >= 11 is 0. The minimum atomic E-state index is 0.0189. The fraction of sp³-hybridized carbons (Fsp3) is 0.105. The second kappa shape index (κ2) is 8.74. The molecule has 0 saturated heterocycles. The predicted octanol–water partition coefficient (Wildman–Crippen LogP) is 8.94. The Morgan fingerprint density at radius 1 is 0.439 bits per heavy atom. The number of aromatic nitrogens is 2. The average molecular weight is 531 g/mol. The number of fused-ring (bicyclic) bond motifs is 13. The van der Waals surface area contributed by atoms with Gasteiger partial charge in [-0.1, -0.05) is 75.4 Å².